The molecule has 0 spiro atoms. The number of carbonyl (C=O) groups excluding carboxylic acids is 1. The topological polar surface area (TPSA) is 75.7 Å². The Morgan fingerprint density at radius 1 is 0.935 bits per heavy atom. The van der Waals surface area contributed by atoms with Crippen LogP contribution in [0.2, 0.25) is 0 Å². The zero-order valence-electron chi connectivity index (χ0n) is 17.8. The highest BCUT2D eigenvalue weighted by molar-refractivity contribution is 7.92. The van der Waals surface area contributed by atoms with Crippen LogP contribution in [-0.4, -0.2) is 27.5 Å². The molecule has 0 heterocycles. The summed E-state index contributed by atoms with van der Waals surface area (Å²) in [7, 11) is -3.94. The van der Waals surface area contributed by atoms with E-state index in [0.717, 1.165) is 15.4 Å². The second-order valence-electron chi connectivity index (χ2n) is 7.05. The summed E-state index contributed by atoms with van der Waals surface area (Å²) in [5.41, 5.74) is 2.78. The molecule has 3 aromatic rings. The van der Waals surface area contributed by atoms with Gasteiger partial charge < -0.3 is 10.1 Å². The predicted molar refractivity (Wildman–Crippen MR) is 123 cm³/mol. The fraction of sp³-hybridized carbons (Fsp3) is 0.208. The summed E-state index contributed by atoms with van der Waals surface area (Å²) in [5.74, 6) is 0.258. The van der Waals surface area contributed by atoms with E-state index in [4.69, 9.17) is 4.74 Å². The lowest BCUT2D eigenvalue weighted by molar-refractivity contribution is -0.114. The molecule has 0 atom stereocenters. The zero-order chi connectivity index (χ0) is 22.4. The first kappa shape index (κ1) is 22.4. The standard InChI is InChI=1S/C24H26N2O4S/c1-4-30-21-15-13-20(14-16-21)25-24(27)17-26(23-12-8-9-18(2)19(23)3)31(28,29)22-10-6-5-7-11-22/h5-16H,4,17H2,1-3H3,(H,25,27). The van der Waals surface area contributed by atoms with Crippen LogP contribution in [0, 0.1) is 13.8 Å². The van der Waals surface area contributed by atoms with Crippen molar-refractivity contribution >= 4 is 27.3 Å². The average molecular weight is 439 g/mol. The number of ether oxygens (including phenoxy) is 1. The third-order valence-corrected chi connectivity index (χ3v) is 6.69. The lowest BCUT2D eigenvalue weighted by atomic mass is 10.1. The maximum atomic E-state index is 13.4. The lowest BCUT2D eigenvalue weighted by Crippen LogP contribution is -2.38. The molecule has 3 aromatic carbocycles. The van der Waals surface area contributed by atoms with Gasteiger partial charge in [-0.05, 0) is 74.4 Å². The Morgan fingerprint density at radius 3 is 2.26 bits per heavy atom. The van der Waals surface area contributed by atoms with Gasteiger partial charge in [0.05, 0.1) is 17.2 Å². The normalized spacial score (nSPS) is 11.1. The van der Waals surface area contributed by atoms with Gasteiger partial charge in [-0.15, -0.1) is 0 Å². The lowest BCUT2D eigenvalue weighted by Gasteiger charge is -2.26. The first-order chi connectivity index (χ1) is 14.8. The van der Waals surface area contributed by atoms with Crippen molar-refractivity contribution in [3.63, 3.8) is 0 Å². The molecule has 0 radical (unpaired) electrons. The summed E-state index contributed by atoms with van der Waals surface area (Å²) >= 11 is 0. The number of hydrogen-bond acceptors (Lipinski definition) is 4. The highest BCUT2D eigenvalue weighted by atomic mass is 32.2. The molecule has 162 valence electrons. The number of hydrogen-bond donors (Lipinski definition) is 1. The van der Waals surface area contributed by atoms with E-state index in [1.165, 1.54) is 12.1 Å². The molecule has 6 nitrogen and oxygen atoms in total. The van der Waals surface area contributed by atoms with Gasteiger partial charge in [0, 0.05) is 5.69 Å². The number of sulfonamides is 1. The molecule has 0 unspecified atom stereocenters. The number of benzene rings is 3. The molecule has 0 aliphatic rings. The van der Waals surface area contributed by atoms with Crippen molar-refractivity contribution in [3.8, 4) is 5.75 Å². The van der Waals surface area contributed by atoms with Crippen LogP contribution in [0.5, 0.6) is 5.75 Å². The molecular weight excluding hydrogens is 412 g/mol. The Hall–Kier alpha value is -3.32. The minimum Gasteiger partial charge on any atom is -0.494 e. The molecule has 31 heavy (non-hydrogen) atoms. The Bertz CT molecular complexity index is 1140. The number of amides is 1. The Morgan fingerprint density at radius 2 is 1.61 bits per heavy atom. The van der Waals surface area contributed by atoms with Gasteiger partial charge in [-0.2, -0.15) is 0 Å². The number of carbonyl (C=O) groups is 1. The van der Waals surface area contributed by atoms with E-state index in [9.17, 15) is 13.2 Å². The van der Waals surface area contributed by atoms with Crippen molar-refractivity contribution in [3.05, 3.63) is 83.9 Å². The minimum absolute atomic E-state index is 0.129. The van der Waals surface area contributed by atoms with Crippen molar-refractivity contribution in [2.24, 2.45) is 0 Å². The van der Waals surface area contributed by atoms with E-state index in [1.54, 1.807) is 54.6 Å². The van der Waals surface area contributed by atoms with Gasteiger partial charge >= 0.3 is 0 Å². The Kier molecular flexibility index (Phi) is 6.97. The van der Waals surface area contributed by atoms with Gasteiger partial charge in [-0.25, -0.2) is 8.42 Å². The average Bonchev–Trinajstić information content (AvgIpc) is 2.76. The molecule has 0 bridgehead atoms. The highest BCUT2D eigenvalue weighted by Gasteiger charge is 2.28. The predicted octanol–water partition coefficient (Wildman–Crippen LogP) is 4.54. The van der Waals surface area contributed by atoms with Crippen molar-refractivity contribution in [1.82, 2.24) is 0 Å². The number of nitrogens with zero attached hydrogens (tertiary/aromatic N) is 1. The summed E-state index contributed by atoms with van der Waals surface area (Å²) in [4.78, 5) is 13.0. The van der Waals surface area contributed by atoms with Crippen LogP contribution in [0.15, 0.2) is 77.7 Å². The summed E-state index contributed by atoms with van der Waals surface area (Å²) in [6, 6.07) is 20.5. The summed E-state index contributed by atoms with van der Waals surface area (Å²) < 4.78 is 33.4. The van der Waals surface area contributed by atoms with E-state index in [2.05, 4.69) is 5.32 Å². The molecule has 0 saturated carbocycles. The van der Waals surface area contributed by atoms with Crippen LogP contribution in [-0.2, 0) is 14.8 Å². The number of anilines is 2. The van der Waals surface area contributed by atoms with Gasteiger partial charge in [-0.3, -0.25) is 9.10 Å². The highest BCUT2D eigenvalue weighted by Crippen LogP contribution is 2.28. The second kappa shape index (κ2) is 9.66. The monoisotopic (exact) mass is 438 g/mol. The smallest absolute Gasteiger partial charge is 0.264 e. The van der Waals surface area contributed by atoms with Gasteiger partial charge in [0.1, 0.15) is 12.3 Å². The molecule has 3 rings (SSSR count). The largest absolute Gasteiger partial charge is 0.494 e. The van der Waals surface area contributed by atoms with E-state index >= 15 is 0 Å². The number of nitrogens with one attached hydrogen (secondary N) is 1. The molecule has 0 saturated heterocycles. The van der Waals surface area contributed by atoms with Crippen LogP contribution in [0.1, 0.15) is 18.1 Å². The molecule has 0 aromatic heterocycles. The van der Waals surface area contributed by atoms with Gasteiger partial charge in [-0.1, -0.05) is 30.3 Å². The number of aryl methyl sites for hydroxylation is 1. The van der Waals surface area contributed by atoms with Crippen molar-refractivity contribution in [2.45, 2.75) is 25.7 Å². The third kappa shape index (κ3) is 5.24. The summed E-state index contributed by atoms with van der Waals surface area (Å²) in [6.07, 6.45) is 0. The van der Waals surface area contributed by atoms with Gasteiger partial charge in [0.15, 0.2) is 0 Å². The Labute approximate surface area is 183 Å². The first-order valence-corrected chi connectivity index (χ1v) is 11.4. The molecule has 0 aliphatic heterocycles. The molecule has 0 fully saturated rings. The maximum Gasteiger partial charge on any atom is 0.264 e. The van der Waals surface area contributed by atoms with Crippen LogP contribution in [0.4, 0.5) is 11.4 Å². The van der Waals surface area contributed by atoms with Gasteiger partial charge in [0.25, 0.3) is 10.0 Å². The molecule has 1 amide bonds. The summed E-state index contributed by atoms with van der Waals surface area (Å²) in [5, 5.41) is 2.77. The zero-order valence-corrected chi connectivity index (χ0v) is 18.6. The number of rotatable bonds is 8. The van der Waals surface area contributed by atoms with Crippen LogP contribution in [0.25, 0.3) is 0 Å². The SMILES string of the molecule is CCOc1ccc(NC(=O)CN(c2cccc(C)c2C)S(=O)(=O)c2ccccc2)cc1. The van der Waals surface area contributed by atoms with Crippen molar-refractivity contribution in [1.29, 1.82) is 0 Å². The van der Waals surface area contributed by atoms with E-state index < -0.39 is 15.9 Å². The molecule has 7 heteroatoms. The minimum atomic E-state index is -3.94. The second-order valence-corrected chi connectivity index (χ2v) is 8.91. The fourth-order valence-electron chi connectivity index (χ4n) is 3.16. The van der Waals surface area contributed by atoms with E-state index in [0.29, 0.717) is 23.7 Å². The van der Waals surface area contributed by atoms with Crippen molar-refractivity contribution < 1.29 is 17.9 Å². The Balaban J connectivity index is 1.91. The maximum absolute atomic E-state index is 13.4. The van der Waals surface area contributed by atoms with E-state index in [1.807, 2.05) is 26.8 Å². The van der Waals surface area contributed by atoms with Gasteiger partial charge in [0.2, 0.25) is 5.91 Å². The van der Waals surface area contributed by atoms with E-state index in [-0.39, 0.29) is 11.4 Å². The fourth-order valence-corrected chi connectivity index (χ4v) is 4.66. The summed E-state index contributed by atoms with van der Waals surface area (Å²) in [6.45, 7) is 5.85. The first-order valence-electron chi connectivity index (χ1n) is 9.99. The van der Waals surface area contributed by atoms with Crippen LogP contribution in [0.3, 0.4) is 0 Å². The van der Waals surface area contributed by atoms with Crippen LogP contribution < -0.4 is 14.4 Å². The third-order valence-electron chi connectivity index (χ3n) is 4.91. The van der Waals surface area contributed by atoms with Crippen LogP contribution >= 0.6 is 0 Å². The quantitative estimate of drug-likeness (QED) is 0.560. The molecular formula is C24H26N2O4S. The molecule has 1 N–H and O–H groups in total. The molecule has 0 aliphatic carbocycles. The van der Waals surface area contributed by atoms with Crippen molar-refractivity contribution in [2.75, 3.05) is 22.8 Å².